The zero-order valence-electron chi connectivity index (χ0n) is 13.2. The number of rotatable bonds is 6. The van der Waals surface area contributed by atoms with Gasteiger partial charge in [-0.3, -0.25) is 4.79 Å². The Bertz CT molecular complexity index is 730. The van der Waals surface area contributed by atoms with E-state index in [-0.39, 0.29) is 17.9 Å². The Balaban J connectivity index is 2.05. The Morgan fingerprint density at radius 1 is 1.08 bits per heavy atom. The summed E-state index contributed by atoms with van der Waals surface area (Å²) in [6.45, 7) is -0.339. The minimum atomic E-state index is -0.591. The summed E-state index contributed by atoms with van der Waals surface area (Å²) < 4.78 is 28.0. The molecule has 1 amide bonds. The smallest absolute Gasteiger partial charge is 0.341 e. The Kier molecular flexibility index (Phi) is 5.73. The maximum absolute atomic E-state index is 12.8. The summed E-state index contributed by atoms with van der Waals surface area (Å²) in [6.07, 6.45) is 0. The third-order valence-electron chi connectivity index (χ3n) is 3.08. The van der Waals surface area contributed by atoms with Gasteiger partial charge in [-0.1, -0.05) is 0 Å². The highest BCUT2D eigenvalue weighted by atomic mass is 19.1. The number of hydrogen-bond acceptors (Lipinski definition) is 5. The Hall–Kier alpha value is -3.09. The summed E-state index contributed by atoms with van der Waals surface area (Å²) >= 11 is 0. The summed E-state index contributed by atoms with van der Waals surface area (Å²) in [4.78, 5) is 23.6. The maximum atomic E-state index is 12.8. The van der Waals surface area contributed by atoms with Crippen molar-refractivity contribution in [3.63, 3.8) is 0 Å². The summed E-state index contributed by atoms with van der Waals surface area (Å²) in [5.74, 6) is -0.817. The number of carbonyl (C=O) groups is 2. The fourth-order valence-electron chi connectivity index (χ4n) is 1.90. The minimum absolute atomic E-state index is 0.162. The predicted molar refractivity (Wildman–Crippen MR) is 84.9 cm³/mol. The maximum Gasteiger partial charge on any atom is 0.341 e. The zero-order chi connectivity index (χ0) is 17.5. The van der Waals surface area contributed by atoms with Crippen LogP contribution < -0.4 is 14.8 Å². The van der Waals surface area contributed by atoms with Gasteiger partial charge in [0.05, 0.1) is 14.2 Å². The first-order chi connectivity index (χ1) is 11.5. The van der Waals surface area contributed by atoms with Gasteiger partial charge in [0, 0.05) is 11.8 Å². The van der Waals surface area contributed by atoms with Crippen molar-refractivity contribution in [1.82, 2.24) is 0 Å². The molecular weight excluding hydrogens is 317 g/mol. The normalized spacial score (nSPS) is 9.96. The predicted octanol–water partition coefficient (Wildman–Crippen LogP) is 2.64. The summed E-state index contributed by atoms with van der Waals surface area (Å²) in [7, 11) is 2.72. The Morgan fingerprint density at radius 3 is 2.42 bits per heavy atom. The molecule has 1 N–H and O–H groups in total. The van der Waals surface area contributed by atoms with Crippen molar-refractivity contribution < 1.29 is 28.2 Å². The molecule has 6 nitrogen and oxygen atoms in total. The monoisotopic (exact) mass is 333 g/mol. The van der Waals surface area contributed by atoms with Crippen LogP contribution in [0.15, 0.2) is 42.5 Å². The van der Waals surface area contributed by atoms with Gasteiger partial charge in [0.2, 0.25) is 0 Å². The highest BCUT2D eigenvalue weighted by Crippen LogP contribution is 2.25. The lowest BCUT2D eigenvalue weighted by molar-refractivity contribution is -0.118. The lowest BCUT2D eigenvalue weighted by Gasteiger charge is -2.12. The van der Waals surface area contributed by atoms with Gasteiger partial charge in [0.25, 0.3) is 5.91 Å². The average molecular weight is 333 g/mol. The van der Waals surface area contributed by atoms with Gasteiger partial charge in [0.15, 0.2) is 6.61 Å². The van der Waals surface area contributed by atoms with Crippen LogP contribution in [0.25, 0.3) is 0 Å². The average Bonchev–Trinajstić information content (AvgIpc) is 2.61. The second kappa shape index (κ2) is 7.96. The third-order valence-corrected chi connectivity index (χ3v) is 3.08. The number of halogens is 1. The van der Waals surface area contributed by atoms with E-state index in [1.807, 2.05) is 0 Å². The van der Waals surface area contributed by atoms with E-state index in [1.165, 1.54) is 50.6 Å². The summed E-state index contributed by atoms with van der Waals surface area (Å²) in [6, 6.07) is 9.87. The first-order valence-corrected chi connectivity index (χ1v) is 6.98. The van der Waals surface area contributed by atoms with Crippen LogP contribution in [-0.2, 0) is 9.53 Å². The topological polar surface area (TPSA) is 73.9 Å². The van der Waals surface area contributed by atoms with E-state index in [0.29, 0.717) is 11.4 Å². The number of anilines is 1. The lowest BCUT2D eigenvalue weighted by Crippen LogP contribution is -2.21. The van der Waals surface area contributed by atoms with Crippen molar-refractivity contribution in [2.24, 2.45) is 0 Å². The molecule has 0 heterocycles. The molecule has 126 valence electrons. The van der Waals surface area contributed by atoms with Gasteiger partial charge in [0.1, 0.15) is 22.9 Å². The van der Waals surface area contributed by atoms with E-state index in [2.05, 4.69) is 10.1 Å². The molecule has 2 aromatic carbocycles. The van der Waals surface area contributed by atoms with Gasteiger partial charge in [-0.25, -0.2) is 9.18 Å². The van der Waals surface area contributed by atoms with Gasteiger partial charge in [-0.2, -0.15) is 0 Å². The number of ether oxygens (including phenoxy) is 3. The van der Waals surface area contributed by atoms with Gasteiger partial charge in [-0.15, -0.1) is 0 Å². The van der Waals surface area contributed by atoms with E-state index >= 15 is 0 Å². The lowest BCUT2D eigenvalue weighted by atomic mass is 10.2. The van der Waals surface area contributed by atoms with Crippen molar-refractivity contribution in [2.75, 3.05) is 26.1 Å². The molecule has 0 spiro atoms. The van der Waals surface area contributed by atoms with Crippen LogP contribution in [0.1, 0.15) is 10.4 Å². The highest BCUT2D eigenvalue weighted by Gasteiger charge is 2.15. The quantitative estimate of drug-likeness (QED) is 0.823. The Morgan fingerprint density at radius 2 is 1.79 bits per heavy atom. The van der Waals surface area contributed by atoms with Crippen molar-refractivity contribution in [3.8, 4) is 11.5 Å². The zero-order valence-corrected chi connectivity index (χ0v) is 13.2. The number of esters is 1. The minimum Gasteiger partial charge on any atom is -0.497 e. The molecular formula is C17H16FNO5. The number of methoxy groups -OCH3 is 2. The van der Waals surface area contributed by atoms with E-state index < -0.39 is 17.7 Å². The van der Waals surface area contributed by atoms with Gasteiger partial charge >= 0.3 is 5.97 Å². The van der Waals surface area contributed by atoms with Gasteiger partial charge < -0.3 is 19.5 Å². The molecule has 0 saturated carbocycles. The molecule has 0 radical (unpaired) electrons. The molecule has 0 aromatic heterocycles. The molecule has 0 aliphatic heterocycles. The van der Waals surface area contributed by atoms with Crippen molar-refractivity contribution in [2.45, 2.75) is 0 Å². The molecule has 0 fully saturated rings. The van der Waals surface area contributed by atoms with Crippen LogP contribution in [0.2, 0.25) is 0 Å². The molecule has 0 aliphatic carbocycles. The molecule has 0 aliphatic rings. The second-order valence-corrected chi connectivity index (χ2v) is 4.70. The van der Waals surface area contributed by atoms with E-state index in [4.69, 9.17) is 9.47 Å². The molecule has 0 saturated heterocycles. The van der Waals surface area contributed by atoms with Crippen molar-refractivity contribution in [3.05, 3.63) is 53.8 Å². The van der Waals surface area contributed by atoms with Crippen LogP contribution in [-0.4, -0.2) is 32.7 Å². The Labute approximate surface area is 138 Å². The molecule has 0 unspecified atom stereocenters. The second-order valence-electron chi connectivity index (χ2n) is 4.70. The van der Waals surface area contributed by atoms with E-state index in [0.717, 1.165) is 0 Å². The SMILES string of the molecule is COC(=O)c1ccc(OC)cc1OCC(=O)Nc1ccc(F)cc1. The van der Waals surface area contributed by atoms with Crippen LogP contribution in [0.4, 0.5) is 10.1 Å². The van der Waals surface area contributed by atoms with E-state index in [9.17, 15) is 14.0 Å². The molecule has 0 atom stereocenters. The molecule has 2 rings (SSSR count). The molecule has 7 heteroatoms. The first kappa shape index (κ1) is 17.3. The fraction of sp³-hybridized carbons (Fsp3) is 0.176. The number of amides is 1. The van der Waals surface area contributed by atoms with Crippen LogP contribution in [0.5, 0.6) is 11.5 Å². The number of nitrogens with one attached hydrogen (secondary N) is 1. The summed E-state index contributed by atoms with van der Waals surface area (Å²) in [5.41, 5.74) is 0.608. The summed E-state index contributed by atoms with van der Waals surface area (Å²) in [5, 5.41) is 2.55. The van der Waals surface area contributed by atoms with Crippen LogP contribution >= 0.6 is 0 Å². The first-order valence-electron chi connectivity index (χ1n) is 6.98. The highest BCUT2D eigenvalue weighted by molar-refractivity contribution is 5.94. The van der Waals surface area contributed by atoms with Crippen LogP contribution in [0, 0.1) is 5.82 Å². The third kappa shape index (κ3) is 4.45. The largest absolute Gasteiger partial charge is 0.497 e. The number of carbonyl (C=O) groups excluding carboxylic acids is 2. The number of benzene rings is 2. The molecule has 0 bridgehead atoms. The van der Waals surface area contributed by atoms with Gasteiger partial charge in [-0.05, 0) is 36.4 Å². The van der Waals surface area contributed by atoms with Crippen molar-refractivity contribution >= 4 is 17.6 Å². The fourth-order valence-corrected chi connectivity index (χ4v) is 1.90. The standard InChI is InChI=1S/C17H16FNO5/c1-22-13-7-8-14(17(21)23-2)15(9-13)24-10-16(20)19-12-5-3-11(18)4-6-12/h3-9H,10H2,1-2H3,(H,19,20). The molecule has 2 aromatic rings. The van der Waals surface area contributed by atoms with Crippen molar-refractivity contribution in [1.29, 1.82) is 0 Å². The van der Waals surface area contributed by atoms with Crippen LogP contribution in [0.3, 0.4) is 0 Å². The van der Waals surface area contributed by atoms with E-state index in [1.54, 1.807) is 6.07 Å². The number of hydrogen-bond donors (Lipinski definition) is 1. The molecule has 24 heavy (non-hydrogen) atoms.